The van der Waals surface area contributed by atoms with E-state index in [0.29, 0.717) is 12.8 Å². The van der Waals surface area contributed by atoms with Crippen LogP contribution in [0.15, 0.2) is 71.6 Å². The topological polar surface area (TPSA) is 110 Å². The Labute approximate surface area is 254 Å². The first-order valence-electron chi connectivity index (χ1n) is 14.8. The van der Waals surface area contributed by atoms with E-state index >= 15 is 0 Å². The number of carbonyl (C=O) groups excluding carboxylic acids is 1. The molecule has 0 spiro atoms. The van der Waals surface area contributed by atoms with Gasteiger partial charge in [0.15, 0.2) is 0 Å². The van der Waals surface area contributed by atoms with Crippen molar-refractivity contribution < 1.29 is 23.1 Å². The largest absolute Gasteiger partial charge is 0.480 e. The Morgan fingerprint density at radius 3 is 2.19 bits per heavy atom. The number of carbonyl (C=O) groups is 2. The van der Waals surface area contributed by atoms with Crippen LogP contribution in [0.5, 0.6) is 0 Å². The Morgan fingerprint density at radius 2 is 1.53 bits per heavy atom. The quantitative estimate of drug-likeness (QED) is 0.381. The Balaban J connectivity index is 1.20. The van der Waals surface area contributed by atoms with Crippen LogP contribution < -0.4 is 15.1 Å². The second kappa shape index (κ2) is 12.8. The van der Waals surface area contributed by atoms with Crippen LogP contribution in [0.3, 0.4) is 0 Å². The van der Waals surface area contributed by atoms with Crippen molar-refractivity contribution in [2.75, 3.05) is 42.5 Å². The number of nitrogens with one attached hydrogen (secondary N) is 1. The van der Waals surface area contributed by atoms with Gasteiger partial charge in [0, 0.05) is 50.5 Å². The number of rotatable bonds is 9. The minimum absolute atomic E-state index is 0.0964. The normalized spacial score (nSPS) is 18.4. The molecule has 43 heavy (non-hydrogen) atoms. The van der Waals surface area contributed by atoms with Crippen LogP contribution in [0.25, 0.3) is 0 Å². The number of amides is 1. The van der Waals surface area contributed by atoms with E-state index in [1.54, 1.807) is 12.1 Å². The molecule has 2 heterocycles. The zero-order chi connectivity index (χ0) is 30.7. The molecular weight excluding hydrogens is 564 g/mol. The van der Waals surface area contributed by atoms with Gasteiger partial charge in [0.25, 0.3) is 0 Å². The van der Waals surface area contributed by atoms with E-state index in [0.717, 1.165) is 43.0 Å². The number of benzene rings is 3. The summed E-state index contributed by atoms with van der Waals surface area (Å²) in [6.07, 6.45) is 0.967. The van der Waals surface area contributed by atoms with Gasteiger partial charge in [0.1, 0.15) is 12.1 Å². The summed E-state index contributed by atoms with van der Waals surface area (Å²) in [4.78, 5) is 30.2. The van der Waals surface area contributed by atoms with Crippen molar-refractivity contribution in [1.82, 2.24) is 9.62 Å². The van der Waals surface area contributed by atoms with Gasteiger partial charge >= 0.3 is 5.97 Å². The van der Waals surface area contributed by atoms with E-state index < -0.39 is 34.0 Å². The van der Waals surface area contributed by atoms with E-state index in [1.807, 2.05) is 31.2 Å². The highest BCUT2D eigenvalue weighted by molar-refractivity contribution is 7.89. The molecule has 2 aliphatic rings. The summed E-state index contributed by atoms with van der Waals surface area (Å²) >= 11 is 0. The molecular formula is C33H40N4O5S. The number of carboxylic acid groups (broad SMARTS) is 1. The molecule has 0 unspecified atom stereocenters. The fourth-order valence-corrected chi connectivity index (χ4v) is 7.62. The van der Waals surface area contributed by atoms with Crippen molar-refractivity contribution in [2.24, 2.45) is 0 Å². The third kappa shape index (κ3) is 6.70. The summed E-state index contributed by atoms with van der Waals surface area (Å²) in [7, 11) is -3.89. The number of sulfonamides is 1. The fraction of sp³-hybridized carbons (Fsp3) is 0.394. The van der Waals surface area contributed by atoms with Gasteiger partial charge in [0.05, 0.1) is 4.90 Å². The molecule has 2 aliphatic heterocycles. The van der Waals surface area contributed by atoms with Crippen molar-refractivity contribution in [1.29, 1.82) is 0 Å². The number of piperazine rings is 1. The lowest BCUT2D eigenvalue weighted by Gasteiger charge is -2.38. The lowest BCUT2D eigenvalue weighted by Crippen LogP contribution is -2.51. The predicted octanol–water partition coefficient (Wildman–Crippen LogP) is 3.90. The average molecular weight is 605 g/mol. The molecule has 2 N–H and O–H groups in total. The fourth-order valence-electron chi connectivity index (χ4n) is 5.97. The van der Waals surface area contributed by atoms with Crippen molar-refractivity contribution in [3.05, 3.63) is 89.0 Å². The summed E-state index contributed by atoms with van der Waals surface area (Å²) < 4.78 is 27.7. The lowest BCUT2D eigenvalue weighted by atomic mass is 10.0. The zero-order valence-electron chi connectivity index (χ0n) is 25.0. The number of carboxylic acids is 1. The molecule has 5 rings (SSSR count). The maximum absolute atomic E-state index is 13.3. The molecule has 3 aromatic rings. The van der Waals surface area contributed by atoms with Gasteiger partial charge in [-0.3, -0.25) is 4.79 Å². The van der Waals surface area contributed by atoms with E-state index in [2.05, 4.69) is 47.2 Å². The van der Waals surface area contributed by atoms with Gasteiger partial charge in [0.2, 0.25) is 15.9 Å². The molecule has 0 radical (unpaired) electrons. The van der Waals surface area contributed by atoms with E-state index in [1.165, 1.54) is 33.3 Å². The lowest BCUT2D eigenvalue weighted by molar-refractivity contribution is -0.142. The van der Waals surface area contributed by atoms with Crippen molar-refractivity contribution in [3.63, 3.8) is 0 Å². The summed E-state index contributed by atoms with van der Waals surface area (Å²) in [5.41, 5.74) is 6.67. The number of hydrogen-bond acceptors (Lipinski definition) is 6. The summed E-state index contributed by atoms with van der Waals surface area (Å²) in [6.45, 7) is 9.97. The number of aryl methyl sites for hydroxylation is 2. The molecule has 1 amide bonds. The third-order valence-corrected chi connectivity index (χ3v) is 10.6. The first-order valence-corrected chi connectivity index (χ1v) is 16.3. The van der Waals surface area contributed by atoms with Gasteiger partial charge in [-0.25, -0.2) is 13.2 Å². The minimum atomic E-state index is -3.89. The highest BCUT2D eigenvalue weighted by Crippen LogP contribution is 2.28. The van der Waals surface area contributed by atoms with Gasteiger partial charge < -0.3 is 20.2 Å². The highest BCUT2D eigenvalue weighted by atomic mass is 32.2. The minimum Gasteiger partial charge on any atom is -0.480 e. The van der Waals surface area contributed by atoms with Crippen LogP contribution in [0, 0.1) is 20.8 Å². The van der Waals surface area contributed by atoms with Crippen LogP contribution in [0.4, 0.5) is 11.4 Å². The zero-order valence-corrected chi connectivity index (χ0v) is 25.8. The molecule has 0 aliphatic carbocycles. The number of hydrogen-bond donors (Lipinski definition) is 2. The summed E-state index contributed by atoms with van der Waals surface area (Å²) in [5.74, 6) is -1.75. The molecule has 9 nitrogen and oxygen atoms in total. The van der Waals surface area contributed by atoms with Crippen LogP contribution in [0.1, 0.15) is 35.1 Å². The van der Waals surface area contributed by atoms with E-state index in [4.69, 9.17) is 0 Å². The number of aliphatic carboxylic acids is 1. The van der Waals surface area contributed by atoms with Crippen molar-refractivity contribution in [2.45, 2.75) is 57.0 Å². The van der Waals surface area contributed by atoms with Gasteiger partial charge in [-0.2, -0.15) is 4.31 Å². The SMILES string of the molecule is Cc1ccc(S(=O)(=O)N2CCC[C@H]2C(=O)N[C@@H](Cc2ccc(N3CCN(c4cccc(C)c4C)CC3)cc2)C(=O)O)cc1. The Kier molecular flexibility index (Phi) is 9.08. The monoisotopic (exact) mass is 604 g/mol. The van der Waals surface area contributed by atoms with E-state index in [-0.39, 0.29) is 17.9 Å². The van der Waals surface area contributed by atoms with Gasteiger partial charge in [-0.15, -0.1) is 0 Å². The molecule has 228 valence electrons. The van der Waals surface area contributed by atoms with Crippen LogP contribution >= 0.6 is 0 Å². The smallest absolute Gasteiger partial charge is 0.326 e. The average Bonchev–Trinajstić information content (AvgIpc) is 3.50. The van der Waals surface area contributed by atoms with Crippen molar-refractivity contribution in [3.8, 4) is 0 Å². The molecule has 0 bridgehead atoms. The molecule has 2 atom stereocenters. The standard InChI is InChI=1S/C33H40N4O5S/c1-23-9-15-28(16-10-23)43(41,42)37-17-5-8-31(37)32(38)34-29(33(39)40)22-26-11-13-27(14-12-26)35-18-20-36(21-19-35)30-7-4-6-24(2)25(30)3/h4,6-7,9-16,29,31H,5,8,17-22H2,1-3H3,(H,34,38)(H,39,40)/t29-,31-/m0/s1. The third-order valence-electron chi connectivity index (χ3n) is 8.69. The molecule has 10 heteroatoms. The first-order chi connectivity index (χ1) is 20.5. The Hall–Kier alpha value is -3.89. The second-order valence-electron chi connectivity index (χ2n) is 11.5. The highest BCUT2D eigenvalue weighted by Gasteiger charge is 2.40. The molecule has 3 aromatic carbocycles. The molecule has 0 saturated carbocycles. The molecule has 2 saturated heterocycles. The maximum Gasteiger partial charge on any atom is 0.326 e. The predicted molar refractivity (Wildman–Crippen MR) is 168 cm³/mol. The van der Waals surface area contributed by atoms with Crippen LogP contribution in [-0.2, 0) is 26.0 Å². The maximum atomic E-state index is 13.3. The number of anilines is 2. The Bertz CT molecular complexity index is 1570. The second-order valence-corrected chi connectivity index (χ2v) is 13.4. The van der Waals surface area contributed by atoms with E-state index in [9.17, 15) is 23.1 Å². The molecule has 0 aromatic heterocycles. The summed E-state index contributed by atoms with van der Waals surface area (Å²) in [5, 5.41) is 12.5. The van der Waals surface area contributed by atoms with Gasteiger partial charge in [-0.1, -0.05) is 42.0 Å². The number of nitrogens with zero attached hydrogens (tertiary/aromatic N) is 3. The van der Waals surface area contributed by atoms with Crippen molar-refractivity contribution >= 4 is 33.3 Å². The van der Waals surface area contributed by atoms with Crippen LogP contribution in [0.2, 0.25) is 0 Å². The Morgan fingerprint density at radius 1 is 0.884 bits per heavy atom. The van der Waals surface area contributed by atoms with Gasteiger partial charge in [-0.05, 0) is 80.6 Å². The first kappa shape index (κ1) is 30.6. The van der Waals surface area contributed by atoms with Crippen LogP contribution in [-0.4, -0.2) is 74.5 Å². The molecule has 2 fully saturated rings. The summed E-state index contributed by atoms with van der Waals surface area (Å²) in [6, 6.07) is 18.6.